The maximum Gasteiger partial charge on any atom is 0.134 e. The Morgan fingerprint density at radius 2 is 1.79 bits per heavy atom. The fourth-order valence-corrected chi connectivity index (χ4v) is 4.16. The molecular weight excluding hydrogens is 391 g/mol. The second-order valence-corrected chi connectivity index (χ2v) is 8.06. The molecule has 2 aromatic carbocycles. The Labute approximate surface area is 176 Å². The molecule has 2 heterocycles. The number of halogens is 2. The van der Waals surface area contributed by atoms with Gasteiger partial charge in [-0.05, 0) is 68.1 Å². The third-order valence-electron chi connectivity index (χ3n) is 5.31. The summed E-state index contributed by atoms with van der Waals surface area (Å²) in [6.07, 6.45) is 3.79. The normalized spacial score (nSPS) is 14.3. The third-order valence-corrected chi connectivity index (χ3v) is 6.02. The minimum Gasteiger partial charge on any atom is -0.459 e. The van der Waals surface area contributed by atoms with Gasteiger partial charge in [-0.2, -0.15) is 0 Å². The SMILES string of the molecule is Cc1c(Cl)cccc1-c1ccc(CNc2ccc(N3CCCCC3)c(Cl)c2)o1. The van der Waals surface area contributed by atoms with Crippen LogP contribution in [0.1, 0.15) is 30.6 Å². The summed E-state index contributed by atoms with van der Waals surface area (Å²) in [4.78, 5) is 2.38. The largest absolute Gasteiger partial charge is 0.459 e. The van der Waals surface area contributed by atoms with E-state index in [-0.39, 0.29) is 0 Å². The van der Waals surface area contributed by atoms with Crippen molar-refractivity contribution in [1.29, 1.82) is 0 Å². The van der Waals surface area contributed by atoms with Gasteiger partial charge in [0.15, 0.2) is 0 Å². The summed E-state index contributed by atoms with van der Waals surface area (Å²) in [5.41, 5.74) is 4.16. The zero-order chi connectivity index (χ0) is 19.5. The topological polar surface area (TPSA) is 28.4 Å². The second-order valence-electron chi connectivity index (χ2n) is 7.25. The van der Waals surface area contributed by atoms with Crippen LogP contribution in [-0.4, -0.2) is 13.1 Å². The molecule has 146 valence electrons. The quantitative estimate of drug-likeness (QED) is 0.479. The lowest BCUT2D eigenvalue weighted by atomic mass is 10.1. The molecule has 1 fully saturated rings. The number of hydrogen-bond donors (Lipinski definition) is 1. The van der Waals surface area contributed by atoms with Crippen LogP contribution in [0, 0.1) is 6.92 Å². The standard InChI is InChI=1S/C23H24Cl2N2O/c1-16-19(6-5-7-20(16)24)23-11-9-18(28-23)15-26-17-8-10-22(21(25)14-17)27-12-3-2-4-13-27/h5-11,14,26H,2-4,12-13,15H2,1H3. The zero-order valence-corrected chi connectivity index (χ0v) is 17.5. The van der Waals surface area contributed by atoms with Crippen LogP contribution in [0.15, 0.2) is 52.9 Å². The van der Waals surface area contributed by atoms with Gasteiger partial charge in [-0.15, -0.1) is 0 Å². The van der Waals surface area contributed by atoms with Gasteiger partial charge in [0.25, 0.3) is 0 Å². The lowest BCUT2D eigenvalue weighted by Gasteiger charge is -2.29. The van der Waals surface area contributed by atoms with Gasteiger partial charge in [0.1, 0.15) is 11.5 Å². The maximum absolute atomic E-state index is 6.54. The van der Waals surface area contributed by atoms with Crippen molar-refractivity contribution in [3.8, 4) is 11.3 Å². The molecule has 28 heavy (non-hydrogen) atoms. The van der Waals surface area contributed by atoms with Crippen molar-refractivity contribution in [2.45, 2.75) is 32.7 Å². The first-order valence-electron chi connectivity index (χ1n) is 9.74. The molecule has 3 nitrogen and oxygen atoms in total. The van der Waals surface area contributed by atoms with E-state index in [0.717, 1.165) is 57.2 Å². The maximum atomic E-state index is 6.54. The summed E-state index contributed by atoms with van der Waals surface area (Å²) >= 11 is 12.8. The van der Waals surface area contributed by atoms with E-state index < -0.39 is 0 Å². The Kier molecular flexibility index (Phi) is 5.84. The highest BCUT2D eigenvalue weighted by molar-refractivity contribution is 6.33. The Morgan fingerprint density at radius 1 is 0.964 bits per heavy atom. The number of nitrogens with one attached hydrogen (secondary N) is 1. The monoisotopic (exact) mass is 414 g/mol. The fourth-order valence-electron chi connectivity index (χ4n) is 3.69. The van der Waals surface area contributed by atoms with Gasteiger partial charge in [-0.3, -0.25) is 0 Å². The molecule has 5 heteroatoms. The lowest BCUT2D eigenvalue weighted by molar-refractivity contribution is 0.531. The van der Waals surface area contributed by atoms with Crippen LogP contribution >= 0.6 is 23.2 Å². The molecule has 4 rings (SSSR count). The number of furan rings is 1. The summed E-state index contributed by atoms with van der Waals surface area (Å²) in [5.74, 6) is 1.70. The van der Waals surface area contributed by atoms with Crippen molar-refractivity contribution < 1.29 is 4.42 Å². The first-order valence-corrected chi connectivity index (χ1v) is 10.5. The van der Waals surface area contributed by atoms with Crippen molar-refractivity contribution in [3.63, 3.8) is 0 Å². The summed E-state index contributed by atoms with van der Waals surface area (Å²) in [5, 5.41) is 4.94. The third kappa shape index (κ3) is 4.16. The van der Waals surface area contributed by atoms with Gasteiger partial charge in [-0.25, -0.2) is 0 Å². The van der Waals surface area contributed by atoms with E-state index in [1.54, 1.807) is 0 Å². The van der Waals surface area contributed by atoms with E-state index in [1.165, 1.54) is 19.3 Å². The molecular formula is C23H24Cl2N2O. The van der Waals surface area contributed by atoms with Crippen LogP contribution in [0.2, 0.25) is 10.0 Å². The summed E-state index contributed by atoms with van der Waals surface area (Å²) in [6, 6.07) is 16.0. The van der Waals surface area contributed by atoms with Gasteiger partial charge in [0, 0.05) is 29.4 Å². The van der Waals surface area contributed by atoms with Crippen molar-refractivity contribution in [2.75, 3.05) is 23.3 Å². The molecule has 0 saturated carbocycles. The highest BCUT2D eigenvalue weighted by Gasteiger charge is 2.14. The van der Waals surface area contributed by atoms with Crippen LogP contribution in [0.4, 0.5) is 11.4 Å². The van der Waals surface area contributed by atoms with Gasteiger partial charge in [0.05, 0.1) is 17.3 Å². The Bertz CT molecular complexity index is 961. The number of nitrogens with zero attached hydrogens (tertiary/aromatic N) is 1. The molecule has 0 spiro atoms. The van der Waals surface area contributed by atoms with E-state index >= 15 is 0 Å². The van der Waals surface area contributed by atoms with Crippen LogP contribution in [0.3, 0.4) is 0 Å². The first-order chi connectivity index (χ1) is 13.6. The van der Waals surface area contributed by atoms with Gasteiger partial charge < -0.3 is 14.6 Å². The van der Waals surface area contributed by atoms with Crippen LogP contribution < -0.4 is 10.2 Å². The second kappa shape index (κ2) is 8.50. The number of benzene rings is 2. The van der Waals surface area contributed by atoms with E-state index in [9.17, 15) is 0 Å². The fraction of sp³-hybridized carbons (Fsp3) is 0.304. The summed E-state index contributed by atoms with van der Waals surface area (Å²) < 4.78 is 6.01. The molecule has 1 saturated heterocycles. The minimum atomic E-state index is 0.596. The van der Waals surface area contributed by atoms with Crippen LogP contribution in [-0.2, 0) is 6.54 Å². The highest BCUT2D eigenvalue weighted by Crippen LogP contribution is 2.32. The van der Waals surface area contributed by atoms with Gasteiger partial charge >= 0.3 is 0 Å². The van der Waals surface area contributed by atoms with Gasteiger partial charge in [0.2, 0.25) is 0 Å². The summed E-state index contributed by atoms with van der Waals surface area (Å²) in [6.45, 7) is 4.78. The van der Waals surface area contributed by atoms with Crippen molar-refractivity contribution >= 4 is 34.6 Å². The van der Waals surface area contributed by atoms with Gasteiger partial charge in [-0.1, -0.05) is 35.3 Å². The Balaban J connectivity index is 1.43. The van der Waals surface area contributed by atoms with Crippen LogP contribution in [0.5, 0.6) is 0 Å². The van der Waals surface area contributed by atoms with E-state index in [2.05, 4.69) is 22.3 Å². The molecule has 0 aliphatic carbocycles. The number of anilines is 2. The number of piperidine rings is 1. The lowest BCUT2D eigenvalue weighted by Crippen LogP contribution is -2.29. The molecule has 1 aliphatic rings. The van der Waals surface area contributed by atoms with Crippen LogP contribution in [0.25, 0.3) is 11.3 Å². The van der Waals surface area contributed by atoms with E-state index in [4.69, 9.17) is 27.6 Å². The molecule has 0 bridgehead atoms. The molecule has 1 N–H and O–H groups in total. The molecule has 0 atom stereocenters. The van der Waals surface area contributed by atoms with E-state index in [0.29, 0.717) is 6.54 Å². The molecule has 1 aromatic heterocycles. The molecule has 1 aliphatic heterocycles. The van der Waals surface area contributed by atoms with E-state index in [1.807, 2.05) is 43.3 Å². The summed E-state index contributed by atoms with van der Waals surface area (Å²) in [7, 11) is 0. The number of rotatable bonds is 5. The predicted octanol–water partition coefficient (Wildman–Crippen LogP) is 7.16. The molecule has 3 aromatic rings. The molecule has 0 amide bonds. The average Bonchev–Trinajstić information content (AvgIpc) is 3.18. The van der Waals surface area contributed by atoms with Crippen molar-refractivity contribution in [2.24, 2.45) is 0 Å². The predicted molar refractivity (Wildman–Crippen MR) is 119 cm³/mol. The number of hydrogen-bond acceptors (Lipinski definition) is 3. The Hall–Kier alpha value is -2.10. The highest BCUT2D eigenvalue weighted by atomic mass is 35.5. The zero-order valence-electron chi connectivity index (χ0n) is 16.0. The molecule has 0 unspecified atom stereocenters. The van der Waals surface area contributed by atoms with Crippen molar-refractivity contribution in [3.05, 3.63) is 69.9 Å². The minimum absolute atomic E-state index is 0.596. The smallest absolute Gasteiger partial charge is 0.134 e. The van der Waals surface area contributed by atoms with Crippen molar-refractivity contribution in [1.82, 2.24) is 0 Å². The average molecular weight is 415 g/mol. The first kappa shape index (κ1) is 19.2. The Morgan fingerprint density at radius 3 is 2.57 bits per heavy atom. The molecule has 0 radical (unpaired) electrons.